The Hall–Kier alpha value is -2.42. The summed E-state index contributed by atoms with van der Waals surface area (Å²) in [5.74, 6) is -0.563. The van der Waals surface area contributed by atoms with E-state index in [1.807, 2.05) is 30.5 Å². The fourth-order valence-electron chi connectivity index (χ4n) is 2.47. The lowest BCUT2D eigenvalue weighted by Gasteiger charge is -2.25. The highest BCUT2D eigenvalue weighted by Crippen LogP contribution is 2.25. The second kappa shape index (κ2) is 8.61. The third-order valence-electron chi connectivity index (χ3n) is 3.76. The van der Waals surface area contributed by atoms with Gasteiger partial charge in [-0.3, -0.25) is 10.0 Å². The number of aromatic nitrogens is 1. The number of benzene rings is 1. The maximum atomic E-state index is 11.1. The highest BCUT2D eigenvalue weighted by Gasteiger charge is 2.14. The fourth-order valence-corrected chi connectivity index (χ4v) is 3.37. The van der Waals surface area contributed by atoms with Crippen LogP contribution in [0.2, 0.25) is 0 Å². The predicted molar refractivity (Wildman–Crippen MR) is 97.9 cm³/mol. The van der Waals surface area contributed by atoms with Gasteiger partial charge in [0.25, 0.3) is 5.91 Å². The van der Waals surface area contributed by atoms with Gasteiger partial charge in [0.1, 0.15) is 0 Å². The van der Waals surface area contributed by atoms with Gasteiger partial charge in [-0.05, 0) is 17.7 Å². The summed E-state index contributed by atoms with van der Waals surface area (Å²) in [7, 11) is 0. The van der Waals surface area contributed by atoms with Crippen LogP contribution in [0.5, 0.6) is 0 Å². The van der Waals surface area contributed by atoms with E-state index in [4.69, 9.17) is 9.94 Å². The van der Waals surface area contributed by atoms with Crippen molar-refractivity contribution >= 4 is 34.1 Å². The second-order valence-electron chi connectivity index (χ2n) is 5.46. The van der Waals surface area contributed by atoms with Gasteiger partial charge in [-0.25, -0.2) is 10.5 Å². The minimum absolute atomic E-state index is 0.563. The highest BCUT2D eigenvalue weighted by atomic mass is 32.1. The normalized spacial score (nSPS) is 14.7. The van der Waals surface area contributed by atoms with Crippen molar-refractivity contribution in [2.45, 2.75) is 6.54 Å². The highest BCUT2D eigenvalue weighted by molar-refractivity contribution is 7.15. The number of hydrogen-bond donors (Lipinski definition) is 3. The molecule has 0 unspecified atom stereocenters. The van der Waals surface area contributed by atoms with Crippen LogP contribution in [-0.4, -0.2) is 42.4 Å². The van der Waals surface area contributed by atoms with Crippen molar-refractivity contribution in [3.8, 4) is 0 Å². The molecule has 0 spiro atoms. The topological polar surface area (TPSA) is 86.7 Å². The van der Waals surface area contributed by atoms with Crippen LogP contribution in [0, 0.1) is 0 Å². The van der Waals surface area contributed by atoms with Gasteiger partial charge in [0.15, 0.2) is 5.13 Å². The number of nitrogens with one attached hydrogen (secondary N) is 2. The molecule has 1 aliphatic heterocycles. The number of para-hydroxylation sites is 1. The van der Waals surface area contributed by atoms with E-state index in [0.29, 0.717) is 6.54 Å². The number of carbonyl (C=O) groups is 1. The molecule has 1 saturated heterocycles. The lowest BCUT2D eigenvalue weighted by molar-refractivity contribution is -0.124. The molecule has 1 amide bonds. The maximum absolute atomic E-state index is 11.1. The molecule has 1 fully saturated rings. The van der Waals surface area contributed by atoms with Crippen LogP contribution in [0.15, 0.2) is 36.5 Å². The number of nitrogens with zero attached hydrogens (tertiary/aromatic N) is 2. The molecule has 7 nitrogen and oxygen atoms in total. The molecule has 0 aliphatic carbocycles. The number of rotatable bonds is 6. The Bertz CT molecular complexity index is 741. The first-order valence-electron chi connectivity index (χ1n) is 7.99. The zero-order valence-corrected chi connectivity index (χ0v) is 14.5. The Morgan fingerprint density at radius 1 is 1.36 bits per heavy atom. The van der Waals surface area contributed by atoms with Gasteiger partial charge in [0, 0.05) is 35.9 Å². The first-order valence-corrected chi connectivity index (χ1v) is 8.80. The van der Waals surface area contributed by atoms with Crippen LogP contribution < -0.4 is 15.7 Å². The Kier molecular flexibility index (Phi) is 5.99. The molecule has 25 heavy (non-hydrogen) atoms. The van der Waals surface area contributed by atoms with Gasteiger partial charge >= 0.3 is 0 Å². The molecule has 0 radical (unpaired) electrons. The molecule has 3 rings (SSSR count). The molecule has 3 N–H and O–H groups in total. The minimum atomic E-state index is -0.563. The Balaban J connectivity index is 1.63. The number of hydrogen-bond acceptors (Lipinski definition) is 7. The molecular formula is C17H20N4O3S. The number of ether oxygens (including phenoxy) is 1. The summed E-state index contributed by atoms with van der Waals surface area (Å²) in [5.41, 5.74) is 3.35. The zero-order chi connectivity index (χ0) is 17.5. The third-order valence-corrected chi connectivity index (χ3v) is 4.82. The summed E-state index contributed by atoms with van der Waals surface area (Å²) in [6, 6.07) is 7.66. The number of anilines is 2. The van der Waals surface area contributed by atoms with Crippen molar-refractivity contribution < 1.29 is 14.7 Å². The maximum Gasteiger partial charge on any atom is 0.267 e. The summed E-state index contributed by atoms with van der Waals surface area (Å²) < 4.78 is 5.37. The van der Waals surface area contributed by atoms with Crippen molar-refractivity contribution in [3.05, 3.63) is 47.0 Å². The van der Waals surface area contributed by atoms with E-state index < -0.39 is 5.91 Å². The van der Waals surface area contributed by atoms with Crippen molar-refractivity contribution in [2.24, 2.45) is 0 Å². The quantitative estimate of drug-likeness (QED) is 0.416. The second-order valence-corrected chi connectivity index (χ2v) is 6.55. The van der Waals surface area contributed by atoms with Gasteiger partial charge in [-0.15, -0.1) is 11.3 Å². The number of amides is 1. The number of morpholine rings is 1. The summed E-state index contributed by atoms with van der Waals surface area (Å²) in [4.78, 5) is 19.0. The van der Waals surface area contributed by atoms with Crippen molar-refractivity contribution in [1.82, 2.24) is 10.5 Å². The summed E-state index contributed by atoms with van der Waals surface area (Å²) in [5, 5.41) is 13.0. The van der Waals surface area contributed by atoms with Crippen LogP contribution in [0.1, 0.15) is 10.4 Å². The molecular weight excluding hydrogens is 340 g/mol. The van der Waals surface area contributed by atoms with E-state index in [2.05, 4.69) is 15.2 Å². The van der Waals surface area contributed by atoms with Crippen LogP contribution in [0.4, 0.5) is 10.8 Å². The number of thiazole rings is 1. The molecule has 132 valence electrons. The van der Waals surface area contributed by atoms with E-state index in [1.54, 1.807) is 22.9 Å². The fraction of sp³-hybridized carbons (Fsp3) is 0.294. The molecule has 0 atom stereocenters. The van der Waals surface area contributed by atoms with Gasteiger partial charge in [-0.1, -0.05) is 18.2 Å². The lowest BCUT2D eigenvalue weighted by Crippen LogP contribution is -2.36. The van der Waals surface area contributed by atoms with Gasteiger partial charge in [0.05, 0.1) is 19.8 Å². The minimum Gasteiger partial charge on any atom is -0.380 e. The Morgan fingerprint density at radius 3 is 2.96 bits per heavy atom. The zero-order valence-electron chi connectivity index (χ0n) is 13.6. The monoisotopic (exact) mass is 360 g/mol. The summed E-state index contributed by atoms with van der Waals surface area (Å²) in [6.45, 7) is 3.89. The van der Waals surface area contributed by atoms with E-state index >= 15 is 0 Å². The number of hydroxylamine groups is 1. The first-order chi connectivity index (χ1) is 12.3. The van der Waals surface area contributed by atoms with Crippen LogP contribution >= 0.6 is 11.3 Å². The Morgan fingerprint density at radius 2 is 2.16 bits per heavy atom. The van der Waals surface area contributed by atoms with Crippen LogP contribution in [0.3, 0.4) is 0 Å². The van der Waals surface area contributed by atoms with E-state index in [-0.39, 0.29) is 0 Å². The third kappa shape index (κ3) is 4.79. The van der Waals surface area contributed by atoms with Crippen molar-refractivity contribution in [3.63, 3.8) is 0 Å². The molecule has 8 heteroatoms. The van der Waals surface area contributed by atoms with E-state index in [9.17, 15) is 4.79 Å². The molecule has 1 aliphatic rings. The van der Waals surface area contributed by atoms with E-state index in [0.717, 1.165) is 47.6 Å². The SMILES string of the molecule is O=C(/C=C/c1ccccc1NCc1cnc(N2CCOCC2)s1)NO. The standard InChI is InChI=1S/C17H20N4O3S/c22-16(20-23)6-5-13-3-1-2-4-15(13)18-11-14-12-19-17(25-14)21-7-9-24-10-8-21/h1-6,12,18,23H,7-11H2,(H,20,22)/b6-5+. The van der Waals surface area contributed by atoms with Crippen LogP contribution in [0.25, 0.3) is 6.08 Å². The summed E-state index contributed by atoms with van der Waals surface area (Å²) >= 11 is 1.67. The largest absolute Gasteiger partial charge is 0.380 e. The Labute approximate surface area is 149 Å². The molecule has 2 heterocycles. The first kappa shape index (κ1) is 17.4. The molecule has 2 aromatic rings. The number of carbonyl (C=O) groups excluding carboxylic acids is 1. The van der Waals surface area contributed by atoms with Crippen molar-refractivity contribution in [2.75, 3.05) is 36.5 Å². The van der Waals surface area contributed by atoms with Gasteiger partial charge in [-0.2, -0.15) is 0 Å². The molecule has 1 aromatic heterocycles. The van der Waals surface area contributed by atoms with Gasteiger partial charge in [0.2, 0.25) is 0 Å². The summed E-state index contributed by atoms with van der Waals surface area (Å²) in [6.07, 6.45) is 4.82. The predicted octanol–water partition coefficient (Wildman–Crippen LogP) is 2.11. The average molecular weight is 360 g/mol. The van der Waals surface area contributed by atoms with Crippen LogP contribution in [-0.2, 0) is 16.1 Å². The average Bonchev–Trinajstić information content (AvgIpc) is 3.15. The van der Waals surface area contributed by atoms with Crippen molar-refractivity contribution in [1.29, 1.82) is 0 Å². The molecule has 0 bridgehead atoms. The molecule has 0 saturated carbocycles. The van der Waals surface area contributed by atoms with Gasteiger partial charge < -0.3 is 15.0 Å². The lowest BCUT2D eigenvalue weighted by atomic mass is 10.1. The molecule has 1 aromatic carbocycles. The smallest absolute Gasteiger partial charge is 0.267 e. The van der Waals surface area contributed by atoms with E-state index in [1.165, 1.54) is 6.08 Å².